The first-order valence-corrected chi connectivity index (χ1v) is 8.11. The number of sulfonamides is 1. The van der Waals surface area contributed by atoms with Crippen LogP contribution >= 0.6 is 0 Å². The average Bonchev–Trinajstić information content (AvgIpc) is 2.69. The first-order chi connectivity index (χ1) is 9.53. The second-order valence-electron chi connectivity index (χ2n) is 6.02. The van der Waals surface area contributed by atoms with E-state index in [-0.39, 0.29) is 29.8 Å². The predicted molar refractivity (Wildman–Crippen MR) is 77.3 cm³/mol. The van der Waals surface area contributed by atoms with Crippen LogP contribution in [-0.4, -0.2) is 48.0 Å². The van der Waals surface area contributed by atoms with Crippen molar-refractivity contribution in [2.75, 3.05) is 13.1 Å². The van der Waals surface area contributed by atoms with Gasteiger partial charge in [0.15, 0.2) is 0 Å². The predicted octanol–water partition coefficient (Wildman–Crippen LogP) is 0.312. The second-order valence-corrected chi connectivity index (χ2v) is 7.96. The Balaban J connectivity index is 2.38. The zero-order valence-corrected chi connectivity index (χ0v) is 13.5. The Morgan fingerprint density at radius 2 is 2.10 bits per heavy atom. The fourth-order valence-corrected chi connectivity index (χ4v) is 4.38. The Hall–Kier alpha value is -1.38. The Morgan fingerprint density at radius 1 is 1.48 bits per heavy atom. The number of ether oxygens (including phenoxy) is 1. The number of morpholine rings is 1. The molecule has 1 aromatic rings. The molecule has 1 atom stereocenters. The Kier molecular flexibility index (Phi) is 3.90. The Labute approximate surface area is 124 Å². The molecule has 8 heteroatoms. The van der Waals surface area contributed by atoms with Gasteiger partial charge in [-0.1, -0.05) is 0 Å². The number of carbonyl (C=O) groups excluding carboxylic acids is 1. The van der Waals surface area contributed by atoms with Crippen molar-refractivity contribution in [2.24, 2.45) is 12.8 Å². The summed E-state index contributed by atoms with van der Waals surface area (Å²) in [5, 5.41) is 0. The third kappa shape index (κ3) is 3.12. The lowest BCUT2D eigenvalue weighted by Gasteiger charge is -2.40. The van der Waals surface area contributed by atoms with Crippen LogP contribution in [0.15, 0.2) is 17.2 Å². The maximum atomic E-state index is 12.7. The van der Waals surface area contributed by atoms with Crippen LogP contribution in [0.2, 0.25) is 0 Å². The molecule has 1 unspecified atom stereocenters. The first kappa shape index (κ1) is 16.0. The number of carbonyl (C=O) groups is 1. The van der Waals surface area contributed by atoms with Gasteiger partial charge in [0.05, 0.1) is 11.7 Å². The molecular weight excluding hydrogens is 294 g/mol. The standard InChI is InChI=1S/C13H21N3O4S/c1-9-6-16(8-13(2,3)20-9)21(18,19)10-5-11(12(14)17)15(4)7-10/h5,7,9H,6,8H2,1-4H3,(H2,14,17). The van der Waals surface area contributed by atoms with Crippen molar-refractivity contribution in [3.8, 4) is 0 Å². The van der Waals surface area contributed by atoms with E-state index in [0.29, 0.717) is 0 Å². The number of primary amides is 1. The van der Waals surface area contributed by atoms with E-state index in [1.54, 1.807) is 7.05 Å². The molecule has 2 heterocycles. The Bertz CT molecular complexity index is 663. The van der Waals surface area contributed by atoms with E-state index in [1.165, 1.54) is 21.1 Å². The third-order valence-electron chi connectivity index (χ3n) is 3.41. The number of amides is 1. The van der Waals surface area contributed by atoms with Crippen LogP contribution < -0.4 is 5.73 Å². The highest BCUT2D eigenvalue weighted by molar-refractivity contribution is 7.89. The van der Waals surface area contributed by atoms with Gasteiger partial charge in [0.25, 0.3) is 5.91 Å². The molecule has 0 radical (unpaired) electrons. The van der Waals surface area contributed by atoms with Gasteiger partial charge in [-0.2, -0.15) is 4.31 Å². The highest BCUT2D eigenvalue weighted by Gasteiger charge is 2.38. The highest BCUT2D eigenvalue weighted by Crippen LogP contribution is 2.27. The SMILES string of the molecule is CC1CN(S(=O)(=O)c2cc(C(N)=O)n(C)c2)CC(C)(C)O1. The number of nitrogens with two attached hydrogens (primary N) is 1. The molecule has 1 aliphatic rings. The number of hydrogen-bond acceptors (Lipinski definition) is 4. The van der Waals surface area contributed by atoms with Gasteiger partial charge in [0.2, 0.25) is 10.0 Å². The van der Waals surface area contributed by atoms with E-state index >= 15 is 0 Å². The minimum atomic E-state index is -3.68. The van der Waals surface area contributed by atoms with Gasteiger partial charge in [-0.25, -0.2) is 8.42 Å². The Morgan fingerprint density at radius 3 is 2.57 bits per heavy atom. The van der Waals surface area contributed by atoms with E-state index in [9.17, 15) is 13.2 Å². The van der Waals surface area contributed by atoms with Crippen molar-refractivity contribution in [3.05, 3.63) is 18.0 Å². The average molecular weight is 315 g/mol. The van der Waals surface area contributed by atoms with Crippen LogP contribution in [0.4, 0.5) is 0 Å². The normalized spacial score (nSPS) is 23.1. The van der Waals surface area contributed by atoms with Crippen molar-refractivity contribution in [1.82, 2.24) is 8.87 Å². The molecule has 1 aromatic heterocycles. The molecule has 1 saturated heterocycles. The zero-order chi connectivity index (χ0) is 16.0. The van der Waals surface area contributed by atoms with Crippen LogP contribution in [0.1, 0.15) is 31.3 Å². The molecule has 0 aromatic carbocycles. The van der Waals surface area contributed by atoms with Gasteiger partial charge in [0, 0.05) is 26.3 Å². The van der Waals surface area contributed by atoms with E-state index in [2.05, 4.69) is 0 Å². The number of aromatic nitrogens is 1. The molecule has 0 aliphatic carbocycles. The minimum absolute atomic E-state index is 0.0729. The molecule has 7 nitrogen and oxygen atoms in total. The monoisotopic (exact) mass is 315 g/mol. The van der Waals surface area contributed by atoms with Crippen LogP contribution in [0, 0.1) is 0 Å². The van der Waals surface area contributed by atoms with Crippen molar-refractivity contribution >= 4 is 15.9 Å². The van der Waals surface area contributed by atoms with E-state index < -0.39 is 21.5 Å². The molecule has 0 saturated carbocycles. The molecule has 118 valence electrons. The van der Waals surface area contributed by atoms with Gasteiger partial charge in [-0.15, -0.1) is 0 Å². The summed E-state index contributed by atoms with van der Waals surface area (Å²) in [7, 11) is -2.09. The summed E-state index contributed by atoms with van der Waals surface area (Å²) in [6.45, 7) is 6.09. The van der Waals surface area contributed by atoms with Gasteiger partial charge in [-0.3, -0.25) is 4.79 Å². The lowest BCUT2D eigenvalue weighted by atomic mass is 10.1. The number of rotatable bonds is 3. The lowest BCUT2D eigenvalue weighted by molar-refractivity contribution is -0.109. The topological polar surface area (TPSA) is 94.6 Å². The minimum Gasteiger partial charge on any atom is -0.370 e. The second kappa shape index (κ2) is 5.11. The molecular formula is C13H21N3O4S. The number of hydrogen-bond donors (Lipinski definition) is 1. The van der Waals surface area contributed by atoms with Crippen molar-refractivity contribution < 1.29 is 17.9 Å². The largest absolute Gasteiger partial charge is 0.370 e. The number of aryl methyl sites for hydroxylation is 1. The summed E-state index contributed by atoms with van der Waals surface area (Å²) in [6.07, 6.45) is 1.21. The molecule has 21 heavy (non-hydrogen) atoms. The molecule has 0 spiro atoms. The van der Waals surface area contributed by atoms with Crippen molar-refractivity contribution in [3.63, 3.8) is 0 Å². The van der Waals surface area contributed by atoms with Crippen LogP contribution in [0.3, 0.4) is 0 Å². The summed E-state index contributed by atoms with van der Waals surface area (Å²) in [5.74, 6) is -0.658. The fourth-order valence-electron chi connectivity index (χ4n) is 2.65. The maximum absolute atomic E-state index is 12.7. The van der Waals surface area contributed by atoms with Crippen molar-refractivity contribution in [1.29, 1.82) is 0 Å². The summed E-state index contributed by atoms with van der Waals surface area (Å²) in [4.78, 5) is 11.3. The van der Waals surface area contributed by atoms with Crippen LogP contribution in [0.5, 0.6) is 0 Å². The summed E-state index contributed by atoms with van der Waals surface area (Å²) < 4.78 is 34.0. The van der Waals surface area contributed by atoms with Gasteiger partial charge < -0.3 is 15.0 Å². The maximum Gasteiger partial charge on any atom is 0.265 e. The number of nitrogens with zero attached hydrogens (tertiary/aromatic N) is 2. The molecule has 0 bridgehead atoms. The summed E-state index contributed by atoms with van der Waals surface area (Å²) in [5.41, 5.74) is 4.84. The van der Waals surface area contributed by atoms with Crippen LogP contribution in [0.25, 0.3) is 0 Å². The van der Waals surface area contributed by atoms with E-state index in [4.69, 9.17) is 10.5 Å². The van der Waals surface area contributed by atoms with Gasteiger partial charge in [-0.05, 0) is 26.8 Å². The lowest BCUT2D eigenvalue weighted by Crippen LogP contribution is -2.53. The van der Waals surface area contributed by atoms with Crippen molar-refractivity contribution in [2.45, 2.75) is 37.4 Å². The smallest absolute Gasteiger partial charge is 0.265 e. The van der Waals surface area contributed by atoms with E-state index in [0.717, 1.165) is 0 Å². The highest BCUT2D eigenvalue weighted by atomic mass is 32.2. The third-order valence-corrected chi connectivity index (χ3v) is 5.19. The molecule has 1 amide bonds. The quantitative estimate of drug-likeness (QED) is 0.868. The zero-order valence-electron chi connectivity index (χ0n) is 12.7. The summed E-state index contributed by atoms with van der Waals surface area (Å²) in [6, 6.07) is 1.31. The van der Waals surface area contributed by atoms with Gasteiger partial charge in [0.1, 0.15) is 10.6 Å². The van der Waals surface area contributed by atoms with Crippen LogP contribution in [-0.2, 0) is 21.8 Å². The van der Waals surface area contributed by atoms with Gasteiger partial charge >= 0.3 is 0 Å². The first-order valence-electron chi connectivity index (χ1n) is 6.67. The van der Waals surface area contributed by atoms with E-state index in [1.807, 2.05) is 20.8 Å². The molecule has 1 fully saturated rings. The molecule has 2 N–H and O–H groups in total. The summed E-state index contributed by atoms with van der Waals surface area (Å²) >= 11 is 0. The molecule has 1 aliphatic heterocycles. The fraction of sp³-hybridized carbons (Fsp3) is 0.615. The molecule has 2 rings (SSSR count).